The molecule has 0 amide bonds. The molecule has 2 aromatic carbocycles. The van der Waals surface area contributed by atoms with Crippen LogP contribution in [0.5, 0.6) is 5.75 Å². The van der Waals surface area contributed by atoms with Crippen LogP contribution in [0.4, 0.5) is 0 Å². The summed E-state index contributed by atoms with van der Waals surface area (Å²) in [6.07, 6.45) is 0. The van der Waals surface area contributed by atoms with E-state index in [-0.39, 0.29) is 0 Å². The van der Waals surface area contributed by atoms with Crippen LogP contribution in [0.1, 0.15) is 10.4 Å². The largest absolute Gasteiger partial charge is 0.494 e. The first-order chi connectivity index (χ1) is 11.1. The molecule has 0 radical (unpaired) electrons. The third kappa shape index (κ3) is 2.92. The number of nitrogens with zero attached hydrogens (tertiary/aromatic N) is 1. The number of hydrogen-bond acceptors (Lipinski definition) is 4. The summed E-state index contributed by atoms with van der Waals surface area (Å²) >= 11 is 3.41. The summed E-state index contributed by atoms with van der Waals surface area (Å²) in [5.41, 5.74) is 2.54. The highest BCUT2D eigenvalue weighted by atomic mass is 79.9. The highest BCUT2D eigenvalue weighted by Crippen LogP contribution is 2.31. The maximum atomic E-state index is 12.2. The Kier molecular flexibility index (Phi) is 4.30. The van der Waals surface area contributed by atoms with Crippen molar-refractivity contribution >= 4 is 32.8 Å². The van der Waals surface area contributed by atoms with Gasteiger partial charge in [-0.05, 0) is 24.3 Å². The van der Waals surface area contributed by atoms with Crippen molar-refractivity contribution in [1.82, 2.24) is 4.98 Å². The molecule has 0 aliphatic rings. The predicted molar refractivity (Wildman–Crippen MR) is 92.8 cm³/mol. The minimum absolute atomic E-state index is 0.417. The number of carbonyl (C=O) groups excluding carboxylic acids is 1. The molecule has 3 aromatic rings. The summed E-state index contributed by atoms with van der Waals surface area (Å²) in [5.74, 6) is 0.248. The second-order valence-corrected chi connectivity index (χ2v) is 5.83. The first kappa shape index (κ1) is 15.5. The number of hydrogen-bond donors (Lipinski definition) is 0. The van der Waals surface area contributed by atoms with Gasteiger partial charge in [0, 0.05) is 15.4 Å². The molecule has 0 bridgehead atoms. The maximum absolute atomic E-state index is 12.2. The number of para-hydroxylation sites is 1. The molecule has 3 rings (SSSR count). The molecule has 5 heteroatoms. The Balaban J connectivity index is 2.32. The second-order valence-electron chi connectivity index (χ2n) is 4.92. The maximum Gasteiger partial charge on any atom is 0.340 e. The van der Waals surface area contributed by atoms with E-state index in [2.05, 4.69) is 20.9 Å². The van der Waals surface area contributed by atoms with E-state index in [1.807, 2.05) is 42.5 Å². The number of fused-ring (bicyclic) bond motifs is 1. The van der Waals surface area contributed by atoms with Gasteiger partial charge in [0.15, 0.2) is 0 Å². The average molecular weight is 372 g/mol. The summed E-state index contributed by atoms with van der Waals surface area (Å²) in [6.45, 7) is 0. The van der Waals surface area contributed by atoms with E-state index >= 15 is 0 Å². The Labute approximate surface area is 142 Å². The molecule has 0 unspecified atom stereocenters. The van der Waals surface area contributed by atoms with Crippen molar-refractivity contribution in [1.29, 1.82) is 0 Å². The Morgan fingerprint density at radius 3 is 2.48 bits per heavy atom. The zero-order valence-corrected chi connectivity index (χ0v) is 14.3. The zero-order valence-electron chi connectivity index (χ0n) is 12.7. The number of carbonyl (C=O) groups is 1. The topological polar surface area (TPSA) is 48.4 Å². The third-order valence-corrected chi connectivity index (χ3v) is 4.08. The van der Waals surface area contributed by atoms with Crippen molar-refractivity contribution in [2.45, 2.75) is 0 Å². The van der Waals surface area contributed by atoms with Crippen molar-refractivity contribution in [3.63, 3.8) is 0 Å². The third-order valence-electron chi connectivity index (χ3n) is 3.55. The van der Waals surface area contributed by atoms with E-state index in [1.165, 1.54) is 7.11 Å². The predicted octanol–water partition coefficient (Wildman–Crippen LogP) is 4.46. The number of ether oxygens (including phenoxy) is 2. The molecule has 0 N–H and O–H groups in total. The van der Waals surface area contributed by atoms with E-state index in [0.717, 1.165) is 15.4 Å². The van der Waals surface area contributed by atoms with E-state index in [9.17, 15) is 4.79 Å². The van der Waals surface area contributed by atoms with Gasteiger partial charge in [-0.3, -0.25) is 0 Å². The summed E-state index contributed by atoms with van der Waals surface area (Å²) in [7, 11) is 2.97. The lowest BCUT2D eigenvalue weighted by Crippen LogP contribution is -2.06. The number of aromatic nitrogens is 1. The number of halogens is 1. The Morgan fingerprint density at radius 2 is 1.83 bits per heavy atom. The van der Waals surface area contributed by atoms with E-state index in [4.69, 9.17) is 9.47 Å². The molecule has 116 valence electrons. The van der Waals surface area contributed by atoms with E-state index in [0.29, 0.717) is 22.5 Å². The average Bonchev–Trinajstić information content (AvgIpc) is 2.60. The molecule has 1 aromatic heterocycles. The van der Waals surface area contributed by atoms with Crippen LogP contribution in [0.15, 0.2) is 53.0 Å². The van der Waals surface area contributed by atoms with Gasteiger partial charge in [-0.15, -0.1) is 0 Å². The van der Waals surface area contributed by atoms with Gasteiger partial charge < -0.3 is 9.47 Å². The molecular weight excluding hydrogens is 358 g/mol. The van der Waals surface area contributed by atoms with Crippen LogP contribution >= 0.6 is 15.9 Å². The Bertz CT molecular complexity index is 875. The quantitative estimate of drug-likeness (QED) is 0.637. The molecule has 23 heavy (non-hydrogen) atoms. The van der Waals surface area contributed by atoms with Crippen LogP contribution in [0.25, 0.3) is 22.2 Å². The summed E-state index contributed by atoms with van der Waals surface area (Å²) in [6, 6.07) is 15.0. The van der Waals surface area contributed by atoms with Gasteiger partial charge >= 0.3 is 5.97 Å². The van der Waals surface area contributed by atoms with Gasteiger partial charge in [-0.1, -0.05) is 40.2 Å². The van der Waals surface area contributed by atoms with Crippen molar-refractivity contribution in [2.75, 3.05) is 14.2 Å². The SMILES string of the molecule is COC(=O)c1cc2cccc(OC)c2nc1-c1ccc(Br)cc1. The first-order valence-corrected chi connectivity index (χ1v) is 7.75. The molecule has 4 nitrogen and oxygen atoms in total. The minimum atomic E-state index is -0.417. The molecule has 1 heterocycles. The minimum Gasteiger partial charge on any atom is -0.494 e. The van der Waals surface area contributed by atoms with Crippen LogP contribution < -0.4 is 4.74 Å². The molecule has 0 spiro atoms. The van der Waals surface area contributed by atoms with Crippen molar-refractivity contribution in [3.05, 3.63) is 58.6 Å². The molecule has 0 saturated heterocycles. The fraction of sp³-hybridized carbons (Fsp3) is 0.111. The van der Waals surface area contributed by atoms with Crippen molar-refractivity contribution in [2.24, 2.45) is 0 Å². The number of benzene rings is 2. The second kappa shape index (κ2) is 6.38. The van der Waals surface area contributed by atoms with Gasteiger partial charge in [0.1, 0.15) is 11.3 Å². The summed E-state index contributed by atoms with van der Waals surface area (Å²) in [4.78, 5) is 16.8. The number of rotatable bonds is 3. The normalized spacial score (nSPS) is 10.6. The van der Waals surface area contributed by atoms with Gasteiger partial charge in [0.05, 0.1) is 25.5 Å². The summed E-state index contributed by atoms with van der Waals surface area (Å²) in [5, 5.41) is 0.825. The van der Waals surface area contributed by atoms with Crippen LogP contribution in [0.2, 0.25) is 0 Å². The van der Waals surface area contributed by atoms with Crippen molar-refractivity contribution < 1.29 is 14.3 Å². The van der Waals surface area contributed by atoms with Gasteiger partial charge in [-0.25, -0.2) is 9.78 Å². The van der Waals surface area contributed by atoms with Gasteiger partial charge in [0.25, 0.3) is 0 Å². The lowest BCUT2D eigenvalue weighted by atomic mass is 10.0. The number of methoxy groups -OCH3 is 2. The van der Waals surface area contributed by atoms with Gasteiger partial charge in [0.2, 0.25) is 0 Å². The van der Waals surface area contributed by atoms with E-state index in [1.54, 1.807) is 13.2 Å². The van der Waals surface area contributed by atoms with Crippen LogP contribution in [0, 0.1) is 0 Å². The smallest absolute Gasteiger partial charge is 0.340 e. The monoisotopic (exact) mass is 371 g/mol. The standard InChI is InChI=1S/C18H14BrNO3/c1-22-15-5-3-4-12-10-14(18(21)23-2)16(20-17(12)15)11-6-8-13(19)9-7-11/h3-10H,1-2H3. The molecule has 0 atom stereocenters. The highest BCUT2D eigenvalue weighted by Gasteiger charge is 2.17. The molecular formula is C18H14BrNO3. The summed E-state index contributed by atoms with van der Waals surface area (Å²) < 4.78 is 11.2. The fourth-order valence-corrected chi connectivity index (χ4v) is 2.69. The number of esters is 1. The van der Waals surface area contributed by atoms with E-state index < -0.39 is 5.97 Å². The highest BCUT2D eigenvalue weighted by molar-refractivity contribution is 9.10. The van der Waals surface area contributed by atoms with Crippen LogP contribution in [-0.4, -0.2) is 25.2 Å². The first-order valence-electron chi connectivity index (χ1n) is 6.96. The van der Waals surface area contributed by atoms with Crippen LogP contribution in [0.3, 0.4) is 0 Å². The fourth-order valence-electron chi connectivity index (χ4n) is 2.43. The Hall–Kier alpha value is -2.40. The van der Waals surface area contributed by atoms with Gasteiger partial charge in [-0.2, -0.15) is 0 Å². The lowest BCUT2D eigenvalue weighted by molar-refractivity contribution is 0.0601. The van der Waals surface area contributed by atoms with Crippen molar-refractivity contribution in [3.8, 4) is 17.0 Å². The molecule has 0 aliphatic carbocycles. The lowest BCUT2D eigenvalue weighted by Gasteiger charge is -2.11. The van der Waals surface area contributed by atoms with Crippen LogP contribution in [-0.2, 0) is 4.74 Å². The zero-order chi connectivity index (χ0) is 16.4. The molecule has 0 saturated carbocycles. The molecule has 0 fully saturated rings. The molecule has 0 aliphatic heterocycles. The number of pyridine rings is 1. The Morgan fingerprint density at radius 1 is 1.09 bits per heavy atom.